The number of allylic oxidation sites excluding steroid dienone is 1. The van der Waals surface area contributed by atoms with Gasteiger partial charge < -0.3 is 15.0 Å². The maximum Gasteiger partial charge on any atom is 0.247 e. The third-order valence-corrected chi connectivity index (χ3v) is 5.68. The Morgan fingerprint density at radius 2 is 1.78 bits per heavy atom. The number of benzene rings is 1. The van der Waals surface area contributed by atoms with Crippen molar-refractivity contribution < 1.29 is 14.3 Å². The summed E-state index contributed by atoms with van der Waals surface area (Å²) in [6.07, 6.45) is 9.02. The lowest BCUT2D eigenvalue weighted by Gasteiger charge is -2.28. The van der Waals surface area contributed by atoms with Crippen molar-refractivity contribution in [2.75, 3.05) is 13.7 Å². The molecule has 1 aliphatic carbocycles. The maximum atomic E-state index is 12.8. The molecule has 0 unspecified atom stereocenters. The molecule has 1 heterocycles. The van der Waals surface area contributed by atoms with Gasteiger partial charge in [-0.1, -0.05) is 31.4 Å². The highest BCUT2D eigenvalue weighted by molar-refractivity contribution is 5.98. The molecule has 1 aliphatic heterocycles. The number of likely N-dealkylation sites (tertiary alicyclic amines) is 1. The SMILES string of the molecule is COc1ccc(/C(C)=C/C(=O)N2CCC[C@@H]2C(=O)NC2CCCCC2)cc1. The summed E-state index contributed by atoms with van der Waals surface area (Å²) < 4.78 is 5.17. The average molecular weight is 370 g/mol. The molecular weight excluding hydrogens is 340 g/mol. The molecule has 27 heavy (non-hydrogen) atoms. The molecule has 2 amide bonds. The van der Waals surface area contributed by atoms with Gasteiger partial charge in [-0.3, -0.25) is 9.59 Å². The topological polar surface area (TPSA) is 58.6 Å². The number of carbonyl (C=O) groups is 2. The summed E-state index contributed by atoms with van der Waals surface area (Å²) in [4.78, 5) is 27.2. The van der Waals surface area contributed by atoms with Crippen LogP contribution in [-0.4, -0.2) is 42.5 Å². The van der Waals surface area contributed by atoms with Crippen molar-refractivity contribution in [3.63, 3.8) is 0 Å². The molecule has 5 nitrogen and oxygen atoms in total. The fourth-order valence-corrected chi connectivity index (χ4v) is 4.05. The van der Waals surface area contributed by atoms with Gasteiger partial charge in [0.2, 0.25) is 11.8 Å². The molecule has 1 atom stereocenters. The number of nitrogens with zero attached hydrogens (tertiary/aromatic N) is 1. The Hall–Kier alpha value is -2.30. The van der Waals surface area contributed by atoms with Crippen LogP contribution in [0, 0.1) is 0 Å². The van der Waals surface area contributed by atoms with E-state index in [-0.39, 0.29) is 23.9 Å². The Morgan fingerprint density at radius 3 is 2.44 bits per heavy atom. The monoisotopic (exact) mass is 370 g/mol. The Morgan fingerprint density at radius 1 is 1.07 bits per heavy atom. The predicted molar refractivity (Wildman–Crippen MR) is 106 cm³/mol. The second kappa shape index (κ2) is 9.07. The van der Waals surface area contributed by atoms with E-state index < -0.39 is 0 Å². The first-order chi connectivity index (χ1) is 13.1. The highest BCUT2D eigenvalue weighted by Crippen LogP contribution is 2.23. The van der Waals surface area contributed by atoms with E-state index in [2.05, 4.69) is 5.32 Å². The van der Waals surface area contributed by atoms with Gasteiger partial charge >= 0.3 is 0 Å². The zero-order valence-corrected chi connectivity index (χ0v) is 16.4. The van der Waals surface area contributed by atoms with Crippen molar-refractivity contribution in [1.29, 1.82) is 0 Å². The third-order valence-electron chi connectivity index (χ3n) is 5.68. The van der Waals surface area contributed by atoms with E-state index in [1.807, 2.05) is 31.2 Å². The molecule has 0 bridgehead atoms. The van der Waals surface area contributed by atoms with Crippen molar-refractivity contribution >= 4 is 17.4 Å². The van der Waals surface area contributed by atoms with Gasteiger partial charge in [0, 0.05) is 18.7 Å². The molecule has 146 valence electrons. The van der Waals surface area contributed by atoms with Crippen LogP contribution >= 0.6 is 0 Å². The van der Waals surface area contributed by atoms with E-state index in [9.17, 15) is 9.59 Å². The summed E-state index contributed by atoms with van der Waals surface area (Å²) in [5.74, 6) is 0.727. The van der Waals surface area contributed by atoms with Crippen LogP contribution in [0.5, 0.6) is 5.75 Å². The average Bonchev–Trinajstić information content (AvgIpc) is 3.19. The Bertz CT molecular complexity index is 690. The first kappa shape index (κ1) is 19.5. The predicted octanol–water partition coefficient (Wildman–Crippen LogP) is 3.54. The molecular formula is C22H30N2O3. The molecule has 0 spiro atoms. The zero-order valence-electron chi connectivity index (χ0n) is 16.4. The van der Waals surface area contributed by atoms with Crippen molar-refractivity contribution in [2.24, 2.45) is 0 Å². The second-order valence-electron chi connectivity index (χ2n) is 7.59. The van der Waals surface area contributed by atoms with Gasteiger partial charge in [-0.05, 0) is 55.9 Å². The lowest BCUT2D eigenvalue weighted by atomic mass is 9.95. The summed E-state index contributed by atoms with van der Waals surface area (Å²) >= 11 is 0. The molecule has 2 fully saturated rings. The van der Waals surface area contributed by atoms with Crippen LogP contribution in [-0.2, 0) is 9.59 Å². The summed E-state index contributed by atoms with van der Waals surface area (Å²) in [7, 11) is 1.63. The van der Waals surface area contributed by atoms with Crippen LogP contribution in [0.25, 0.3) is 5.57 Å². The fourth-order valence-electron chi connectivity index (χ4n) is 4.05. The highest BCUT2D eigenvalue weighted by Gasteiger charge is 2.34. The van der Waals surface area contributed by atoms with Crippen molar-refractivity contribution in [1.82, 2.24) is 10.2 Å². The number of amides is 2. The molecule has 1 aromatic rings. The minimum absolute atomic E-state index is 0.0169. The van der Waals surface area contributed by atoms with E-state index in [1.165, 1.54) is 19.3 Å². The standard InChI is InChI=1S/C22H30N2O3/c1-16(17-10-12-19(27-2)13-11-17)15-21(25)24-14-6-9-20(24)22(26)23-18-7-4-3-5-8-18/h10-13,15,18,20H,3-9,14H2,1-2H3,(H,23,26)/b16-15+/t20-/m1/s1. The van der Waals surface area contributed by atoms with Crippen molar-refractivity contribution in [3.05, 3.63) is 35.9 Å². The van der Waals surface area contributed by atoms with Crippen molar-refractivity contribution in [2.45, 2.75) is 64.0 Å². The number of nitrogens with one attached hydrogen (secondary N) is 1. The van der Waals surface area contributed by atoms with E-state index in [1.54, 1.807) is 18.1 Å². The number of hydrogen-bond donors (Lipinski definition) is 1. The zero-order chi connectivity index (χ0) is 19.2. The molecule has 5 heteroatoms. The molecule has 1 aromatic carbocycles. The van der Waals surface area contributed by atoms with Crippen LogP contribution in [0.15, 0.2) is 30.3 Å². The molecule has 1 N–H and O–H groups in total. The van der Waals surface area contributed by atoms with E-state index in [4.69, 9.17) is 4.74 Å². The van der Waals surface area contributed by atoms with Crippen LogP contribution in [0.2, 0.25) is 0 Å². The lowest BCUT2D eigenvalue weighted by Crippen LogP contribution is -2.48. The van der Waals surface area contributed by atoms with Crippen LogP contribution in [0.1, 0.15) is 57.4 Å². The summed E-state index contributed by atoms with van der Waals surface area (Å²) in [5.41, 5.74) is 1.87. The van der Waals surface area contributed by atoms with Gasteiger partial charge in [-0.2, -0.15) is 0 Å². The largest absolute Gasteiger partial charge is 0.497 e. The minimum atomic E-state index is -0.334. The molecule has 1 saturated heterocycles. The normalized spacial score (nSPS) is 21.2. The first-order valence-corrected chi connectivity index (χ1v) is 10.0. The first-order valence-electron chi connectivity index (χ1n) is 10.0. The number of ether oxygens (including phenoxy) is 1. The summed E-state index contributed by atoms with van der Waals surface area (Å²) in [6.45, 7) is 2.57. The van der Waals surface area contributed by atoms with Gasteiger partial charge in [0.25, 0.3) is 0 Å². The van der Waals surface area contributed by atoms with Gasteiger partial charge in [-0.15, -0.1) is 0 Å². The maximum absolute atomic E-state index is 12.8. The number of hydrogen-bond acceptors (Lipinski definition) is 3. The van der Waals surface area contributed by atoms with Gasteiger partial charge in [0.15, 0.2) is 0 Å². The van der Waals surface area contributed by atoms with Gasteiger partial charge in [0.1, 0.15) is 11.8 Å². The summed E-state index contributed by atoms with van der Waals surface area (Å²) in [6, 6.07) is 7.59. The van der Waals surface area contributed by atoms with Crippen molar-refractivity contribution in [3.8, 4) is 5.75 Å². The lowest BCUT2D eigenvalue weighted by molar-refractivity contribution is -0.135. The van der Waals surface area contributed by atoms with E-state index in [0.29, 0.717) is 6.54 Å². The highest BCUT2D eigenvalue weighted by atomic mass is 16.5. The van der Waals surface area contributed by atoms with Crippen LogP contribution in [0.4, 0.5) is 0 Å². The fraction of sp³-hybridized carbons (Fsp3) is 0.545. The van der Waals surface area contributed by atoms with Gasteiger partial charge in [0.05, 0.1) is 7.11 Å². The molecule has 0 radical (unpaired) electrons. The molecule has 3 rings (SSSR count). The molecule has 0 aromatic heterocycles. The van der Waals surface area contributed by atoms with Crippen LogP contribution < -0.4 is 10.1 Å². The Kier molecular flexibility index (Phi) is 6.54. The molecule has 2 aliphatic rings. The number of methoxy groups -OCH3 is 1. The smallest absolute Gasteiger partial charge is 0.247 e. The second-order valence-corrected chi connectivity index (χ2v) is 7.59. The number of rotatable bonds is 5. The van der Waals surface area contributed by atoms with Crippen LogP contribution in [0.3, 0.4) is 0 Å². The Balaban J connectivity index is 1.64. The van der Waals surface area contributed by atoms with E-state index >= 15 is 0 Å². The third kappa shape index (κ3) is 4.90. The van der Waals surface area contributed by atoms with E-state index in [0.717, 1.165) is 42.6 Å². The Labute approximate surface area is 161 Å². The quantitative estimate of drug-likeness (QED) is 0.807. The summed E-state index contributed by atoms with van der Waals surface area (Å²) in [5, 5.41) is 3.18. The minimum Gasteiger partial charge on any atom is -0.497 e. The molecule has 1 saturated carbocycles. The number of carbonyl (C=O) groups excluding carboxylic acids is 2. The van der Waals surface area contributed by atoms with Gasteiger partial charge in [-0.25, -0.2) is 0 Å².